The van der Waals surface area contributed by atoms with Gasteiger partial charge in [0.1, 0.15) is 6.33 Å². The Hall–Kier alpha value is -1.71. The van der Waals surface area contributed by atoms with Gasteiger partial charge in [0.2, 0.25) is 10.0 Å². The average Bonchev–Trinajstić information content (AvgIpc) is 2.53. The highest BCUT2D eigenvalue weighted by Crippen LogP contribution is 2.36. The first-order valence-corrected chi connectivity index (χ1v) is 8.66. The SMILES string of the molecule is O=S(=O)(c1ccc(Cl)c(C(F)(F)F)c1)N1CCc2ncncc2C1. The van der Waals surface area contributed by atoms with E-state index in [0.717, 1.165) is 22.1 Å². The van der Waals surface area contributed by atoms with Gasteiger partial charge in [-0.05, 0) is 18.2 Å². The van der Waals surface area contributed by atoms with Gasteiger partial charge < -0.3 is 0 Å². The zero-order chi connectivity index (χ0) is 17.5. The molecule has 5 nitrogen and oxygen atoms in total. The number of sulfonamides is 1. The number of benzene rings is 1. The molecule has 0 saturated heterocycles. The molecule has 0 bridgehead atoms. The summed E-state index contributed by atoms with van der Waals surface area (Å²) in [5, 5.41) is -0.543. The molecule has 128 valence electrons. The Balaban J connectivity index is 1.98. The molecule has 0 N–H and O–H groups in total. The summed E-state index contributed by atoms with van der Waals surface area (Å²) >= 11 is 5.54. The van der Waals surface area contributed by atoms with Crippen LogP contribution in [0.2, 0.25) is 5.02 Å². The smallest absolute Gasteiger partial charge is 0.244 e. The first kappa shape index (κ1) is 17.1. The van der Waals surface area contributed by atoms with Gasteiger partial charge in [-0.15, -0.1) is 0 Å². The summed E-state index contributed by atoms with van der Waals surface area (Å²) in [7, 11) is -4.09. The molecule has 1 aliphatic rings. The Morgan fingerprint density at radius 3 is 2.71 bits per heavy atom. The maximum absolute atomic E-state index is 12.9. The van der Waals surface area contributed by atoms with Crippen LogP contribution >= 0.6 is 11.6 Å². The number of aromatic nitrogens is 2. The van der Waals surface area contributed by atoms with Crippen molar-refractivity contribution < 1.29 is 21.6 Å². The third-order valence-corrected chi connectivity index (χ3v) is 5.88. The lowest BCUT2D eigenvalue weighted by atomic mass is 10.1. The average molecular weight is 378 g/mol. The highest BCUT2D eigenvalue weighted by Gasteiger charge is 2.36. The van der Waals surface area contributed by atoms with Crippen LogP contribution in [0.1, 0.15) is 16.8 Å². The molecule has 0 spiro atoms. The van der Waals surface area contributed by atoms with E-state index < -0.39 is 31.7 Å². The van der Waals surface area contributed by atoms with E-state index in [4.69, 9.17) is 11.6 Å². The summed E-state index contributed by atoms with van der Waals surface area (Å²) in [5.41, 5.74) is 0.201. The monoisotopic (exact) mass is 377 g/mol. The standard InChI is InChI=1S/C14H11ClF3N3O2S/c15-12-2-1-10(5-11(12)14(16,17)18)24(22,23)21-4-3-13-9(7-21)6-19-8-20-13/h1-2,5-6,8H,3-4,7H2. The van der Waals surface area contributed by atoms with E-state index in [1.165, 1.54) is 12.5 Å². The second kappa shape index (κ2) is 5.98. The highest BCUT2D eigenvalue weighted by molar-refractivity contribution is 7.89. The second-order valence-corrected chi connectivity index (χ2v) is 7.57. The van der Waals surface area contributed by atoms with Crippen molar-refractivity contribution in [2.45, 2.75) is 24.0 Å². The molecule has 24 heavy (non-hydrogen) atoms. The molecule has 1 aromatic heterocycles. The van der Waals surface area contributed by atoms with Crippen molar-refractivity contribution in [2.24, 2.45) is 0 Å². The molecule has 2 aromatic rings. The fraction of sp³-hybridized carbons (Fsp3) is 0.286. The van der Waals surface area contributed by atoms with Gasteiger partial charge in [0.15, 0.2) is 0 Å². The summed E-state index contributed by atoms with van der Waals surface area (Å²) in [4.78, 5) is 7.47. The fourth-order valence-corrected chi connectivity index (χ4v) is 4.15. The minimum atomic E-state index is -4.73. The molecule has 0 saturated carbocycles. The van der Waals surface area contributed by atoms with Gasteiger partial charge in [-0.1, -0.05) is 11.6 Å². The zero-order valence-electron chi connectivity index (χ0n) is 12.1. The zero-order valence-corrected chi connectivity index (χ0v) is 13.7. The lowest BCUT2D eigenvalue weighted by Crippen LogP contribution is -2.36. The molecule has 0 fully saturated rings. The van der Waals surface area contributed by atoms with E-state index in [0.29, 0.717) is 18.1 Å². The molecule has 0 radical (unpaired) electrons. The van der Waals surface area contributed by atoms with E-state index in [2.05, 4.69) is 9.97 Å². The molecule has 0 atom stereocenters. The molecule has 0 unspecified atom stereocenters. The van der Waals surface area contributed by atoms with Crippen LogP contribution in [0.4, 0.5) is 13.2 Å². The van der Waals surface area contributed by atoms with Crippen LogP contribution < -0.4 is 0 Å². The van der Waals surface area contributed by atoms with Crippen molar-refractivity contribution in [3.05, 3.63) is 52.6 Å². The van der Waals surface area contributed by atoms with Crippen molar-refractivity contribution in [1.82, 2.24) is 14.3 Å². The Morgan fingerprint density at radius 2 is 2.00 bits per heavy atom. The van der Waals surface area contributed by atoms with Gasteiger partial charge in [0, 0.05) is 37.0 Å². The number of hydrogen-bond donors (Lipinski definition) is 0. The summed E-state index contributed by atoms with van der Waals surface area (Å²) in [6.45, 7) is 0.152. The number of fused-ring (bicyclic) bond motifs is 1. The van der Waals surface area contributed by atoms with Crippen LogP contribution in [0.15, 0.2) is 35.6 Å². The summed E-state index contributed by atoms with van der Waals surface area (Å²) in [5.74, 6) is 0. The van der Waals surface area contributed by atoms with Gasteiger partial charge in [0.25, 0.3) is 0 Å². The number of halogens is 4. The maximum atomic E-state index is 12.9. The van der Waals surface area contributed by atoms with Gasteiger partial charge in [0.05, 0.1) is 15.5 Å². The third kappa shape index (κ3) is 3.11. The molecule has 10 heteroatoms. The summed E-state index contributed by atoms with van der Waals surface area (Å²) in [6, 6.07) is 2.58. The van der Waals surface area contributed by atoms with Crippen LogP contribution in [-0.4, -0.2) is 29.2 Å². The van der Waals surface area contributed by atoms with Crippen molar-refractivity contribution in [2.75, 3.05) is 6.54 Å². The lowest BCUT2D eigenvalue weighted by Gasteiger charge is -2.27. The van der Waals surface area contributed by atoms with Gasteiger partial charge >= 0.3 is 6.18 Å². The minimum Gasteiger partial charge on any atom is -0.244 e. The Morgan fingerprint density at radius 1 is 1.25 bits per heavy atom. The third-order valence-electron chi connectivity index (χ3n) is 3.71. The van der Waals surface area contributed by atoms with E-state index in [1.807, 2.05) is 0 Å². The van der Waals surface area contributed by atoms with Crippen molar-refractivity contribution in [3.8, 4) is 0 Å². The van der Waals surface area contributed by atoms with Crippen molar-refractivity contribution in [3.63, 3.8) is 0 Å². The highest BCUT2D eigenvalue weighted by atomic mass is 35.5. The maximum Gasteiger partial charge on any atom is 0.417 e. The van der Waals surface area contributed by atoms with Crippen LogP contribution in [0.5, 0.6) is 0 Å². The normalized spacial score (nSPS) is 16.0. The van der Waals surface area contributed by atoms with Crippen LogP contribution in [0.25, 0.3) is 0 Å². The Bertz CT molecular complexity index is 887. The van der Waals surface area contributed by atoms with Crippen molar-refractivity contribution in [1.29, 1.82) is 0 Å². The number of nitrogens with zero attached hydrogens (tertiary/aromatic N) is 3. The van der Waals surface area contributed by atoms with E-state index in [1.54, 1.807) is 0 Å². The van der Waals surface area contributed by atoms with Crippen LogP contribution in [-0.2, 0) is 29.2 Å². The van der Waals surface area contributed by atoms with Crippen LogP contribution in [0.3, 0.4) is 0 Å². The quantitative estimate of drug-likeness (QED) is 0.807. The van der Waals surface area contributed by atoms with E-state index >= 15 is 0 Å². The molecule has 0 amide bonds. The Kier molecular flexibility index (Phi) is 4.27. The largest absolute Gasteiger partial charge is 0.417 e. The number of rotatable bonds is 2. The summed E-state index contributed by atoms with van der Waals surface area (Å²) in [6.07, 6.45) is -1.48. The van der Waals surface area contributed by atoms with Gasteiger partial charge in [-0.2, -0.15) is 17.5 Å². The lowest BCUT2D eigenvalue weighted by molar-refractivity contribution is -0.137. The molecule has 1 aromatic carbocycles. The molecule has 0 aliphatic carbocycles. The number of hydrogen-bond acceptors (Lipinski definition) is 4. The number of alkyl halides is 3. The molecular formula is C14H11ClF3N3O2S. The van der Waals surface area contributed by atoms with Gasteiger partial charge in [-0.3, -0.25) is 0 Å². The van der Waals surface area contributed by atoms with Crippen LogP contribution in [0, 0.1) is 0 Å². The topological polar surface area (TPSA) is 63.2 Å². The first-order chi connectivity index (χ1) is 11.2. The molecule has 3 rings (SSSR count). The second-order valence-electron chi connectivity index (χ2n) is 5.22. The predicted molar refractivity (Wildman–Crippen MR) is 79.8 cm³/mol. The Labute approximate surface area is 141 Å². The summed E-state index contributed by atoms with van der Waals surface area (Å²) < 4.78 is 65.3. The van der Waals surface area contributed by atoms with Crippen molar-refractivity contribution >= 4 is 21.6 Å². The minimum absolute atomic E-state index is 0.0164. The van der Waals surface area contributed by atoms with Gasteiger partial charge in [-0.25, -0.2) is 18.4 Å². The first-order valence-electron chi connectivity index (χ1n) is 6.84. The predicted octanol–water partition coefficient (Wildman–Crippen LogP) is 2.90. The van der Waals surface area contributed by atoms with E-state index in [9.17, 15) is 21.6 Å². The fourth-order valence-electron chi connectivity index (χ4n) is 2.48. The van der Waals surface area contributed by atoms with E-state index in [-0.39, 0.29) is 13.1 Å². The molecule has 2 heterocycles. The molecule has 1 aliphatic heterocycles. The molecular weight excluding hydrogens is 367 g/mol.